The van der Waals surface area contributed by atoms with E-state index in [4.69, 9.17) is 0 Å². The van der Waals surface area contributed by atoms with Crippen LogP contribution in [0, 0.1) is 11.3 Å². The van der Waals surface area contributed by atoms with E-state index < -0.39 is 0 Å². The molecule has 1 aromatic heterocycles. The predicted octanol–water partition coefficient (Wildman–Crippen LogP) is 2.03. The fraction of sp³-hybridized carbons (Fsp3) is 0.667. The fourth-order valence-corrected chi connectivity index (χ4v) is 2.77. The molecule has 0 unspecified atom stereocenters. The van der Waals surface area contributed by atoms with Gasteiger partial charge in [-0.2, -0.15) is 10.4 Å². The summed E-state index contributed by atoms with van der Waals surface area (Å²) >= 11 is 0. The maximum absolute atomic E-state index is 9.49. The highest BCUT2D eigenvalue weighted by Gasteiger charge is 2.28. The quantitative estimate of drug-likeness (QED) is 0.878. The van der Waals surface area contributed by atoms with Crippen molar-refractivity contribution in [2.24, 2.45) is 0 Å². The molecule has 2 N–H and O–H groups in total. The van der Waals surface area contributed by atoms with Gasteiger partial charge in [-0.1, -0.05) is 13.8 Å². The SMILES string of the molecule is CCc1nnc(NC2(C)CCNCC2)c(C#N)c1CC. The molecule has 0 aliphatic carbocycles. The zero-order valence-corrected chi connectivity index (χ0v) is 12.6. The maximum atomic E-state index is 9.49. The van der Waals surface area contributed by atoms with E-state index in [2.05, 4.69) is 40.7 Å². The number of rotatable bonds is 4. The molecule has 0 saturated carbocycles. The molecule has 0 spiro atoms. The van der Waals surface area contributed by atoms with E-state index in [0.717, 1.165) is 50.0 Å². The number of hydrogen-bond donors (Lipinski definition) is 2. The number of nitrogens with zero attached hydrogens (tertiary/aromatic N) is 3. The van der Waals surface area contributed by atoms with Gasteiger partial charge in [0, 0.05) is 5.54 Å². The van der Waals surface area contributed by atoms with Gasteiger partial charge in [-0.25, -0.2) is 0 Å². The van der Waals surface area contributed by atoms with Crippen molar-refractivity contribution >= 4 is 5.82 Å². The van der Waals surface area contributed by atoms with Crippen molar-refractivity contribution in [2.45, 2.75) is 52.0 Å². The Hall–Kier alpha value is -1.67. The Morgan fingerprint density at radius 2 is 1.95 bits per heavy atom. The summed E-state index contributed by atoms with van der Waals surface area (Å²) < 4.78 is 0. The maximum Gasteiger partial charge on any atom is 0.167 e. The second-order valence-electron chi connectivity index (χ2n) is 5.60. The second-order valence-corrected chi connectivity index (χ2v) is 5.60. The van der Waals surface area contributed by atoms with Crippen molar-refractivity contribution < 1.29 is 0 Å². The van der Waals surface area contributed by atoms with Gasteiger partial charge < -0.3 is 10.6 Å². The van der Waals surface area contributed by atoms with Crippen molar-refractivity contribution in [2.75, 3.05) is 18.4 Å². The van der Waals surface area contributed by atoms with E-state index in [1.165, 1.54) is 0 Å². The molecule has 1 saturated heterocycles. The average molecular weight is 273 g/mol. The van der Waals surface area contributed by atoms with Crippen molar-refractivity contribution in [1.82, 2.24) is 15.5 Å². The minimum atomic E-state index is -0.00965. The minimum absolute atomic E-state index is 0.00965. The Morgan fingerprint density at radius 3 is 2.50 bits per heavy atom. The van der Waals surface area contributed by atoms with Crippen molar-refractivity contribution in [3.05, 3.63) is 16.8 Å². The average Bonchev–Trinajstić information content (AvgIpc) is 2.47. The summed E-state index contributed by atoms with van der Waals surface area (Å²) in [6.45, 7) is 8.29. The molecule has 0 radical (unpaired) electrons. The van der Waals surface area contributed by atoms with Crippen LogP contribution in [-0.2, 0) is 12.8 Å². The van der Waals surface area contributed by atoms with Crippen LogP contribution in [0.25, 0.3) is 0 Å². The number of piperidine rings is 1. The molecule has 0 atom stereocenters. The molecule has 0 amide bonds. The number of anilines is 1. The van der Waals surface area contributed by atoms with Crippen LogP contribution in [0.4, 0.5) is 5.82 Å². The summed E-state index contributed by atoms with van der Waals surface area (Å²) in [5.41, 5.74) is 2.62. The van der Waals surface area contributed by atoms with E-state index in [1.54, 1.807) is 0 Å². The molecular weight excluding hydrogens is 250 g/mol. The topological polar surface area (TPSA) is 73.6 Å². The van der Waals surface area contributed by atoms with E-state index in [0.29, 0.717) is 11.4 Å². The Bertz CT molecular complexity index is 512. The number of aryl methyl sites for hydroxylation is 1. The second kappa shape index (κ2) is 6.19. The van der Waals surface area contributed by atoms with E-state index >= 15 is 0 Å². The molecule has 1 fully saturated rings. The van der Waals surface area contributed by atoms with Gasteiger partial charge in [0.05, 0.1) is 5.69 Å². The third-order valence-corrected chi connectivity index (χ3v) is 4.09. The molecule has 1 aliphatic rings. The van der Waals surface area contributed by atoms with Crippen LogP contribution in [0.15, 0.2) is 0 Å². The first-order chi connectivity index (χ1) is 9.63. The van der Waals surface area contributed by atoms with Crippen molar-refractivity contribution in [1.29, 1.82) is 5.26 Å². The molecule has 0 bridgehead atoms. The highest BCUT2D eigenvalue weighted by Crippen LogP contribution is 2.26. The smallest absolute Gasteiger partial charge is 0.167 e. The van der Waals surface area contributed by atoms with Crippen molar-refractivity contribution in [3.63, 3.8) is 0 Å². The largest absolute Gasteiger partial charge is 0.362 e. The van der Waals surface area contributed by atoms with Gasteiger partial charge in [0.1, 0.15) is 11.6 Å². The van der Waals surface area contributed by atoms with Crippen LogP contribution in [0.1, 0.15) is 50.4 Å². The first-order valence-electron chi connectivity index (χ1n) is 7.41. The molecule has 1 aromatic rings. The summed E-state index contributed by atoms with van der Waals surface area (Å²) in [5.74, 6) is 0.644. The number of aromatic nitrogens is 2. The van der Waals surface area contributed by atoms with Gasteiger partial charge in [0.25, 0.3) is 0 Å². The van der Waals surface area contributed by atoms with Gasteiger partial charge in [-0.15, -0.1) is 5.10 Å². The van der Waals surface area contributed by atoms with E-state index in [1.807, 2.05) is 6.92 Å². The zero-order chi connectivity index (χ0) is 14.6. The third kappa shape index (κ3) is 2.91. The molecule has 2 rings (SSSR count). The van der Waals surface area contributed by atoms with Crippen LogP contribution in [0.2, 0.25) is 0 Å². The number of hydrogen-bond acceptors (Lipinski definition) is 5. The van der Waals surface area contributed by atoms with Gasteiger partial charge in [0.2, 0.25) is 0 Å². The summed E-state index contributed by atoms with van der Waals surface area (Å²) in [5, 5.41) is 24.9. The lowest BCUT2D eigenvalue weighted by Crippen LogP contribution is -2.45. The van der Waals surface area contributed by atoms with E-state index in [-0.39, 0.29) is 5.54 Å². The van der Waals surface area contributed by atoms with Crippen LogP contribution in [-0.4, -0.2) is 28.8 Å². The minimum Gasteiger partial charge on any atom is -0.362 e. The molecule has 2 heterocycles. The van der Waals surface area contributed by atoms with Crippen LogP contribution < -0.4 is 10.6 Å². The first-order valence-corrected chi connectivity index (χ1v) is 7.41. The van der Waals surface area contributed by atoms with Crippen molar-refractivity contribution in [3.8, 4) is 6.07 Å². The summed E-state index contributed by atoms with van der Waals surface area (Å²) in [7, 11) is 0. The van der Waals surface area contributed by atoms with Gasteiger partial charge in [-0.3, -0.25) is 0 Å². The Kier molecular flexibility index (Phi) is 4.56. The lowest BCUT2D eigenvalue weighted by Gasteiger charge is -2.35. The van der Waals surface area contributed by atoms with Gasteiger partial charge in [0.15, 0.2) is 5.82 Å². The Balaban J connectivity index is 2.34. The molecule has 20 heavy (non-hydrogen) atoms. The first kappa shape index (κ1) is 14.7. The molecule has 5 heteroatoms. The highest BCUT2D eigenvalue weighted by molar-refractivity contribution is 5.57. The standard InChI is InChI=1S/C15H23N5/c1-4-11-12(10-16)14(20-19-13(11)5-2)18-15(3)6-8-17-9-7-15/h17H,4-9H2,1-3H3,(H,18,20). The number of nitrogens with one attached hydrogen (secondary N) is 2. The van der Waals surface area contributed by atoms with Crippen LogP contribution >= 0.6 is 0 Å². The van der Waals surface area contributed by atoms with E-state index in [9.17, 15) is 5.26 Å². The molecule has 0 aromatic carbocycles. The summed E-state index contributed by atoms with van der Waals surface area (Å²) in [4.78, 5) is 0. The lowest BCUT2D eigenvalue weighted by atomic mass is 9.90. The summed E-state index contributed by atoms with van der Waals surface area (Å²) in [6.07, 6.45) is 3.67. The van der Waals surface area contributed by atoms with Gasteiger partial charge in [-0.05, 0) is 51.3 Å². The highest BCUT2D eigenvalue weighted by atomic mass is 15.2. The predicted molar refractivity (Wildman–Crippen MR) is 79.6 cm³/mol. The molecule has 108 valence electrons. The number of nitriles is 1. The van der Waals surface area contributed by atoms with Crippen LogP contribution in [0.5, 0.6) is 0 Å². The molecule has 5 nitrogen and oxygen atoms in total. The molecular formula is C15H23N5. The summed E-state index contributed by atoms with van der Waals surface area (Å²) in [6, 6.07) is 2.32. The lowest BCUT2D eigenvalue weighted by molar-refractivity contribution is 0.364. The normalized spacial score (nSPS) is 17.5. The monoisotopic (exact) mass is 273 g/mol. The Labute approximate surface area is 120 Å². The zero-order valence-electron chi connectivity index (χ0n) is 12.6. The van der Waals surface area contributed by atoms with Gasteiger partial charge >= 0.3 is 0 Å². The Morgan fingerprint density at radius 1 is 1.25 bits per heavy atom. The fourth-order valence-electron chi connectivity index (χ4n) is 2.77. The third-order valence-electron chi connectivity index (χ3n) is 4.09. The molecule has 1 aliphatic heterocycles. The van der Waals surface area contributed by atoms with Crippen LogP contribution in [0.3, 0.4) is 0 Å².